The van der Waals surface area contributed by atoms with Crippen LogP contribution in [0.15, 0.2) is 157 Å². The summed E-state index contributed by atoms with van der Waals surface area (Å²) >= 11 is 1.79. The third-order valence-corrected chi connectivity index (χ3v) is 10.8. The molecule has 0 fully saturated rings. The molecule has 6 aromatic carbocycles. The Balaban J connectivity index is 1.30. The number of hydrogen-bond acceptors (Lipinski definition) is 5. The molecule has 0 saturated carbocycles. The lowest BCUT2D eigenvalue weighted by atomic mass is 10.0. The zero-order valence-electron chi connectivity index (χ0n) is 27.6. The van der Waals surface area contributed by atoms with Gasteiger partial charge < -0.3 is 8.98 Å². The minimum absolute atomic E-state index is 0.596. The first kappa shape index (κ1) is 29.5. The Morgan fingerprint density at radius 2 is 1.16 bits per heavy atom. The van der Waals surface area contributed by atoms with Crippen molar-refractivity contribution in [2.45, 2.75) is 12.8 Å². The summed E-state index contributed by atoms with van der Waals surface area (Å²) < 4.78 is 11.6. The van der Waals surface area contributed by atoms with Crippen molar-refractivity contribution in [2.75, 3.05) is 0 Å². The summed E-state index contributed by atoms with van der Waals surface area (Å²) in [5.41, 5.74) is 6.84. The summed E-state index contributed by atoms with van der Waals surface area (Å²) in [5, 5.41) is 5.72. The SMILES string of the molecule is C=CCCc1oc2cccc(-c3nc(-c4ccccc4)nc(-c4cccc5sc6ccccc6c45)n3)c2c1-n1c2ccccc2c2ccccc21. The fraction of sp³-hybridized carbons (Fsp3) is 0.0444. The Kier molecular flexibility index (Phi) is 6.89. The van der Waals surface area contributed by atoms with E-state index in [1.807, 2.05) is 36.4 Å². The highest BCUT2D eigenvalue weighted by Crippen LogP contribution is 2.43. The van der Waals surface area contributed by atoms with Crippen LogP contribution in [0.4, 0.5) is 0 Å². The van der Waals surface area contributed by atoms with Crippen LogP contribution >= 0.6 is 11.3 Å². The van der Waals surface area contributed by atoms with E-state index in [9.17, 15) is 0 Å². The van der Waals surface area contributed by atoms with Crippen LogP contribution in [0.5, 0.6) is 0 Å². The van der Waals surface area contributed by atoms with Gasteiger partial charge in [0.15, 0.2) is 17.5 Å². The molecule has 0 N–H and O–H groups in total. The monoisotopic (exact) mass is 674 g/mol. The lowest BCUT2D eigenvalue weighted by Gasteiger charge is -2.12. The molecule has 242 valence electrons. The third-order valence-electron chi connectivity index (χ3n) is 9.69. The summed E-state index contributed by atoms with van der Waals surface area (Å²) in [6, 6.07) is 48.5. The van der Waals surface area contributed by atoms with Crippen LogP contribution in [0, 0.1) is 0 Å². The fourth-order valence-corrected chi connectivity index (χ4v) is 8.60. The molecule has 0 spiro atoms. The van der Waals surface area contributed by atoms with Gasteiger partial charge in [0.05, 0.1) is 22.1 Å². The lowest BCUT2D eigenvalue weighted by Crippen LogP contribution is -2.02. The molecule has 6 heteroatoms. The lowest BCUT2D eigenvalue weighted by molar-refractivity contribution is 0.547. The van der Waals surface area contributed by atoms with Crippen molar-refractivity contribution in [3.63, 3.8) is 0 Å². The van der Waals surface area contributed by atoms with Gasteiger partial charge in [0.25, 0.3) is 0 Å². The smallest absolute Gasteiger partial charge is 0.164 e. The normalized spacial score (nSPS) is 11.8. The molecule has 0 aliphatic carbocycles. The molecule has 0 amide bonds. The second-order valence-corrected chi connectivity index (χ2v) is 13.8. The molecular weight excluding hydrogens is 645 g/mol. The third kappa shape index (κ3) is 4.72. The number of benzene rings is 6. The molecule has 0 aliphatic heterocycles. The largest absolute Gasteiger partial charge is 0.459 e. The summed E-state index contributed by atoms with van der Waals surface area (Å²) in [6.07, 6.45) is 3.44. The van der Waals surface area contributed by atoms with Crippen molar-refractivity contribution < 1.29 is 4.42 Å². The molecule has 0 unspecified atom stereocenters. The number of allylic oxidation sites excluding steroid dienone is 1. The van der Waals surface area contributed by atoms with E-state index >= 15 is 0 Å². The molecular formula is C45H30N4OS. The summed E-state index contributed by atoms with van der Waals surface area (Å²) in [7, 11) is 0. The first-order valence-corrected chi connectivity index (χ1v) is 17.9. The van der Waals surface area contributed by atoms with Crippen LogP contribution in [0.3, 0.4) is 0 Å². The molecule has 5 nitrogen and oxygen atoms in total. The van der Waals surface area contributed by atoms with Crippen LogP contribution in [0.1, 0.15) is 12.2 Å². The van der Waals surface area contributed by atoms with Crippen molar-refractivity contribution in [1.82, 2.24) is 19.5 Å². The number of nitrogens with zero attached hydrogens (tertiary/aromatic N) is 4. The topological polar surface area (TPSA) is 56.7 Å². The van der Waals surface area contributed by atoms with E-state index in [0.717, 1.165) is 61.9 Å². The van der Waals surface area contributed by atoms with Crippen molar-refractivity contribution in [2.24, 2.45) is 0 Å². The van der Waals surface area contributed by atoms with Crippen LogP contribution in [-0.2, 0) is 6.42 Å². The van der Waals surface area contributed by atoms with Crippen LogP contribution in [0.2, 0.25) is 0 Å². The van der Waals surface area contributed by atoms with Gasteiger partial charge in [-0.2, -0.15) is 0 Å². The van der Waals surface area contributed by atoms with E-state index in [1.165, 1.54) is 25.6 Å². The number of fused-ring (bicyclic) bond motifs is 7. The zero-order valence-corrected chi connectivity index (χ0v) is 28.4. The van der Waals surface area contributed by atoms with E-state index in [0.29, 0.717) is 23.9 Å². The number of aryl methyl sites for hydroxylation is 1. The van der Waals surface area contributed by atoms with Gasteiger partial charge >= 0.3 is 0 Å². The predicted octanol–water partition coefficient (Wildman–Crippen LogP) is 12.2. The first-order valence-electron chi connectivity index (χ1n) is 17.1. The minimum Gasteiger partial charge on any atom is -0.459 e. The average Bonchev–Trinajstić information content (AvgIpc) is 3.86. The Hall–Kier alpha value is -6.37. The summed E-state index contributed by atoms with van der Waals surface area (Å²) in [4.78, 5) is 15.7. The molecule has 0 atom stereocenters. The van der Waals surface area contributed by atoms with Crippen molar-refractivity contribution in [3.05, 3.63) is 158 Å². The van der Waals surface area contributed by atoms with Gasteiger partial charge in [-0.25, -0.2) is 15.0 Å². The van der Waals surface area contributed by atoms with E-state index in [1.54, 1.807) is 11.3 Å². The summed E-state index contributed by atoms with van der Waals surface area (Å²) in [6.45, 7) is 4.03. The summed E-state index contributed by atoms with van der Waals surface area (Å²) in [5.74, 6) is 2.76. The molecule has 0 bridgehead atoms. The molecule has 0 radical (unpaired) electrons. The zero-order chi connectivity index (χ0) is 33.9. The molecule has 51 heavy (non-hydrogen) atoms. The van der Waals surface area contributed by atoms with E-state index in [-0.39, 0.29) is 0 Å². The molecule has 0 aliphatic rings. The first-order chi connectivity index (χ1) is 25.3. The van der Waals surface area contributed by atoms with Gasteiger partial charge in [0.1, 0.15) is 11.3 Å². The van der Waals surface area contributed by atoms with Gasteiger partial charge in [0.2, 0.25) is 0 Å². The number of hydrogen-bond donors (Lipinski definition) is 0. The van der Waals surface area contributed by atoms with Crippen molar-refractivity contribution in [3.8, 4) is 39.9 Å². The number of rotatable bonds is 7. The highest BCUT2D eigenvalue weighted by Gasteiger charge is 2.25. The highest BCUT2D eigenvalue weighted by molar-refractivity contribution is 7.25. The molecule has 4 aromatic heterocycles. The second-order valence-electron chi connectivity index (χ2n) is 12.7. The number of para-hydroxylation sites is 2. The Labute approximate surface area is 297 Å². The molecule has 10 aromatic rings. The quantitative estimate of drug-likeness (QED) is 0.158. The van der Waals surface area contributed by atoms with Gasteiger partial charge in [-0.05, 0) is 36.8 Å². The van der Waals surface area contributed by atoms with Crippen LogP contribution in [0.25, 0.3) is 92.8 Å². The van der Waals surface area contributed by atoms with Crippen molar-refractivity contribution >= 4 is 64.3 Å². The average molecular weight is 675 g/mol. The van der Waals surface area contributed by atoms with Gasteiger partial charge in [-0.3, -0.25) is 0 Å². The maximum Gasteiger partial charge on any atom is 0.164 e. The number of aromatic nitrogens is 4. The van der Waals surface area contributed by atoms with E-state index in [4.69, 9.17) is 19.4 Å². The van der Waals surface area contributed by atoms with Crippen LogP contribution in [-0.4, -0.2) is 19.5 Å². The molecule has 10 rings (SSSR count). The van der Waals surface area contributed by atoms with Crippen LogP contribution < -0.4 is 0 Å². The number of thiophene rings is 1. The van der Waals surface area contributed by atoms with E-state index < -0.39 is 0 Å². The van der Waals surface area contributed by atoms with E-state index in [2.05, 4.69) is 120 Å². The fourth-order valence-electron chi connectivity index (χ4n) is 7.46. The second kappa shape index (κ2) is 11.9. The van der Waals surface area contributed by atoms with Gasteiger partial charge in [-0.15, -0.1) is 17.9 Å². The molecule has 4 heterocycles. The molecule has 0 saturated heterocycles. The number of furan rings is 1. The Bertz CT molecular complexity index is 2900. The minimum atomic E-state index is 0.596. The maximum atomic E-state index is 6.77. The van der Waals surface area contributed by atoms with Gasteiger partial charge in [0, 0.05) is 54.1 Å². The highest BCUT2D eigenvalue weighted by atomic mass is 32.1. The maximum absolute atomic E-state index is 6.77. The standard InChI is InChI=1S/C45H30N4OS/c1-2-3-24-37-42(49-34-22-10-7-17-29(34)30-18-8-11-23-35(30)49)41-33(20-13-25-36(41)50-37)45-47-43(28-15-5-4-6-16-28)46-44(48-45)32-21-14-27-39-40(32)31-19-9-12-26-38(31)51-39/h2,4-23,25-27H,1,3,24H2. The van der Waals surface area contributed by atoms with Crippen molar-refractivity contribution in [1.29, 1.82) is 0 Å². The predicted molar refractivity (Wildman–Crippen MR) is 212 cm³/mol. The Morgan fingerprint density at radius 1 is 0.569 bits per heavy atom. The van der Waals surface area contributed by atoms with Gasteiger partial charge in [-0.1, -0.05) is 115 Å². The Morgan fingerprint density at radius 3 is 1.88 bits per heavy atom.